The van der Waals surface area contributed by atoms with Gasteiger partial charge in [0.1, 0.15) is 5.75 Å². The normalized spacial score (nSPS) is 18.4. The Balaban J connectivity index is 1.73. The third-order valence-electron chi connectivity index (χ3n) is 3.85. The van der Waals surface area contributed by atoms with E-state index >= 15 is 0 Å². The van der Waals surface area contributed by atoms with E-state index in [0.717, 1.165) is 11.3 Å². The largest absolute Gasteiger partial charge is 0.493 e. The Morgan fingerprint density at radius 2 is 2.10 bits per heavy atom. The molecule has 5 heteroatoms. The van der Waals surface area contributed by atoms with Crippen molar-refractivity contribution in [1.82, 2.24) is 4.98 Å². The van der Waals surface area contributed by atoms with Crippen LogP contribution in [0.5, 0.6) is 5.75 Å². The molecule has 1 N–H and O–H groups in total. The van der Waals surface area contributed by atoms with Crippen LogP contribution in [0.25, 0.3) is 11.1 Å². The summed E-state index contributed by atoms with van der Waals surface area (Å²) in [6.45, 7) is 0.643. The molecule has 2 aromatic carbocycles. The van der Waals surface area contributed by atoms with E-state index in [9.17, 15) is 4.79 Å². The van der Waals surface area contributed by atoms with Gasteiger partial charge in [-0.15, -0.1) is 0 Å². The summed E-state index contributed by atoms with van der Waals surface area (Å²) in [4.78, 5) is 14.0. The van der Waals surface area contributed by atoms with Gasteiger partial charge in [-0.25, -0.2) is 4.79 Å². The van der Waals surface area contributed by atoms with Gasteiger partial charge in [-0.1, -0.05) is 40.2 Å². The summed E-state index contributed by atoms with van der Waals surface area (Å²) in [7, 11) is 0. The van der Waals surface area contributed by atoms with Crippen molar-refractivity contribution in [2.45, 2.75) is 10.7 Å². The highest BCUT2D eigenvalue weighted by Crippen LogP contribution is 2.45. The number of ether oxygens (including phenoxy) is 1. The zero-order valence-corrected chi connectivity index (χ0v) is 12.6. The molecule has 21 heavy (non-hydrogen) atoms. The SMILES string of the molecule is O=c1[nH]c2ccc(C(Br)C3COc4ccccc43)cc2o1. The fraction of sp³-hybridized carbons (Fsp3) is 0.188. The van der Waals surface area contributed by atoms with Crippen LogP contribution in [0, 0.1) is 0 Å². The smallest absolute Gasteiger partial charge is 0.417 e. The summed E-state index contributed by atoms with van der Waals surface area (Å²) in [5.41, 5.74) is 3.56. The summed E-state index contributed by atoms with van der Waals surface area (Å²) in [6.07, 6.45) is 0. The number of H-pyrrole nitrogens is 1. The van der Waals surface area contributed by atoms with Crippen LogP contribution >= 0.6 is 15.9 Å². The van der Waals surface area contributed by atoms with E-state index in [1.165, 1.54) is 5.56 Å². The van der Waals surface area contributed by atoms with E-state index in [0.29, 0.717) is 17.7 Å². The predicted molar refractivity (Wildman–Crippen MR) is 83.2 cm³/mol. The van der Waals surface area contributed by atoms with E-state index in [1.54, 1.807) is 0 Å². The van der Waals surface area contributed by atoms with Gasteiger partial charge in [0, 0.05) is 16.3 Å². The van der Waals surface area contributed by atoms with Crippen LogP contribution in [0.15, 0.2) is 51.7 Å². The van der Waals surface area contributed by atoms with Gasteiger partial charge in [0.2, 0.25) is 0 Å². The number of rotatable bonds is 2. The van der Waals surface area contributed by atoms with E-state index in [2.05, 4.69) is 27.0 Å². The minimum Gasteiger partial charge on any atom is -0.493 e. The second kappa shape index (κ2) is 4.77. The van der Waals surface area contributed by atoms with Crippen molar-refractivity contribution in [1.29, 1.82) is 0 Å². The van der Waals surface area contributed by atoms with Crippen LogP contribution in [0.2, 0.25) is 0 Å². The number of benzene rings is 2. The first kappa shape index (κ1) is 12.7. The van der Waals surface area contributed by atoms with Crippen LogP contribution in [-0.2, 0) is 0 Å². The van der Waals surface area contributed by atoms with Gasteiger partial charge in [-0.3, -0.25) is 4.98 Å². The van der Waals surface area contributed by atoms with Crippen LogP contribution in [0.3, 0.4) is 0 Å². The number of aromatic nitrogens is 1. The highest BCUT2D eigenvalue weighted by molar-refractivity contribution is 9.09. The average molecular weight is 346 g/mol. The number of oxazole rings is 1. The second-order valence-electron chi connectivity index (χ2n) is 5.13. The quantitative estimate of drug-likeness (QED) is 0.720. The minimum absolute atomic E-state index is 0.103. The molecule has 1 aliphatic rings. The van der Waals surface area contributed by atoms with Crippen molar-refractivity contribution in [3.63, 3.8) is 0 Å². The maximum absolute atomic E-state index is 11.2. The molecule has 1 aliphatic heterocycles. The number of hydrogen-bond acceptors (Lipinski definition) is 3. The Morgan fingerprint density at radius 3 is 3.00 bits per heavy atom. The lowest BCUT2D eigenvalue weighted by atomic mass is 9.93. The number of aromatic amines is 1. The van der Waals surface area contributed by atoms with Gasteiger partial charge >= 0.3 is 5.76 Å². The van der Waals surface area contributed by atoms with Crippen LogP contribution in [-0.4, -0.2) is 11.6 Å². The van der Waals surface area contributed by atoms with Gasteiger partial charge in [-0.05, 0) is 23.8 Å². The lowest BCUT2D eigenvalue weighted by Gasteiger charge is -2.16. The van der Waals surface area contributed by atoms with E-state index < -0.39 is 5.76 Å². The molecule has 106 valence electrons. The van der Waals surface area contributed by atoms with Crippen molar-refractivity contribution in [2.24, 2.45) is 0 Å². The van der Waals surface area contributed by atoms with E-state index in [-0.39, 0.29) is 10.7 Å². The molecule has 3 aromatic rings. The Kier molecular flexibility index (Phi) is 2.89. The third-order valence-corrected chi connectivity index (χ3v) is 5.02. The minimum atomic E-state index is -0.428. The Hall–Kier alpha value is -2.01. The van der Waals surface area contributed by atoms with E-state index in [1.807, 2.05) is 36.4 Å². The molecule has 4 rings (SSSR count). The lowest BCUT2D eigenvalue weighted by Crippen LogP contribution is -2.07. The second-order valence-corrected chi connectivity index (χ2v) is 6.11. The summed E-state index contributed by atoms with van der Waals surface area (Å²) in [5, 5.41) is 0. The molecular formula is C16H12BrNO3. The molecule has 0 saturated heterocycles. The Labute approximate surface area is 128 Å². The number of hydrogen-bond donors (Lipinski definition) is 1. The van der Waals surface area contributed by atoms with Gasteiger partial charge in [0.15, 0.2) is 5.58 Å². The molecule has 0 fully saturated rings. The topological polar surface area (TPSA) is 55.2 Å². The van der Waals surface area contributed by atoms with Crippen molar-refractivity contribution in [2.75, 3.05) is 6.61 Å². The Morgan fingerprint density at radius 1 is 1.24 bits per heavy atom. The number of alkyl halides is 1. The first-order valence-electron chi connectivity index (χ1n) is 6.71. The fourth-order valence-corrected chi connectivity index (χ4v) is 3.52. The molecule has 2 heterocycles. The van der Waals surface area contributed by atoms with Crippen molar-refractivity contribution >= 4 is 27.0 Å². The first-order chi connectivity index (χ1) is 10.2. The standard InChI is InChI=1S/C16H12BrNO3/c17-15(11-8-20-13-4-2-1-3-10(11)13)9-5-6-12-14(7-9)21-16(19)18-12/h1-7,11,15H,8H2,(H,18,19). The zero-order valence-electron chi connectivity index (χ0n) is 11.0. The van der Waals surface area contributed by atoms with Gasteiger partial charge in [0.05, 0.1) is 12.1 Å². The van der Waals surface area contributed by atoms with Crippen LogP contribution in [0.1, 0.15) is 21.9 Å². The molecular weight excluding hydrogens is 334 g/mol. The average Bonchev–Trinajstić information content (AvgIpc) is 3.07. The highest BCUT2D eigenvalue weighted by atomic mass is 79.9. The van der Waals surface area contributed by atoms with Crippen molar-refractivity contribution in [3.8, 4) is 5.75 Å². The third kappa shape index (κ3) is 2.08. The number of fused-ring (bicyclic) bond motifs is 2. The summed E-state index contributed by atoms with van der Waals surface area (Å²) < 4.78 is 10.9. The molecule has 1 aromatic heterocycles. The van der Waals surface area contributed by atoms with Gasteiger partial charge in [-0.2, -0.15) is 0 Å². The maximum Gasteiger partial charge on any atom is 0.417 e. The monoisotopic (exact) mass is 345 g/mol. The molecule has 0 radical (unpaired) electrons. The maximum atomic E-state index is 11.2. The first-order valence-corrected chi connectivity index (χ1v) is 7.62. The molecule has 0 saturated carbocycles. The van der Waals surface area contributed by atoms with Gasteiger partial charge in [0.25, 0.3) is 0 Å². The lowest BCUT2D eigenvalue weighted by molar-refractivity contribution is 0.329. The molecule has 4 nitrogen and oxygen atoms in total. The number of nitrogens with one attached hydrogen (secondary N) is 1. The Bertz CT molecular complexity index is 867. The molecule has 0 aliphatic carbocycles. The molecule has 2 unspecified atom stereocenters. The van der Waals surface area contributed by atoms with Crippen molar-refractivity contribution < 1.29 is 9.15 Å². The zero-order chi connectivity index (χ0) is 14.4. The summed E-state index contributed by atoms with van der Waals surface area (Å²) in [5.74, 6) is 0.758. The van der Waals surface area contributed by atoms with Crippen molar-refractivity contribution in [3.05, 3.63) is 64.1 Å². The summed E-state index contributed by atoms with van der Waals surface area (Å²) in [6, 6.07) is 13.8. The number of halogens is 1. The molecule has 0 spiro atoms. The van der Waals surface area contributed by atoms with E-state index in [4.69, 9.17) is 9.15 Å². The molecule has 0 bridgehead atoms. The fourth-order valence-electron chi connectivity index (χ4n) is 2.80. The number of para-hydroxylation sites is 1. The molecule has 0 amide bonds. The van der Waals surface area contributed by atoms with Gasteiger partial charge < -0.3 is 9.15 Å². The predicted octanol–water partition coefficient (Wildman–Crippen LogP) is 3.73. The van der Waals surface area contributed by atoms with Crippen LogP contribution in [0.4, 0.5) is 0 Å². The van der Waals surface area contributed by atoms with Crippen LogP contribution < -0.4 is 10.5 Å². The highest BCUT2D eigenvalue weighted by Gasteiger charge is 2.30. The summed E-state index contributed by atoms with van der Waals surface area (Å²) >= 11 is 3.77. The molecule has 2 atom stereocenters.